The Morgan fingerprint density at radius 2 is 2.22 bits per heavy atom. The van der Waals surface area contributed by atoms with E-state index in [0.29, 0.717) is 6.04 Å². The van der Waals surface area contributed by atoms with Crippen LogP contribution in [0.15, 0.2) is 0 Å². The van der Waals surface area contributed by atoms with Crippen LogP contribution in [0.4, 0.5) is 0 Å². The number of rotatable bonds is 3. The second-order valence-corrected chi connectivity index (χ2v) is 7.15. The molecule has 1 atom stereocenters. The maximum Gasteiger partial charge on any atom is 0.110 e. The molecule has 0 aliphatic carbocycles. The number of piperazine rings is 1. The van der Waals surface area contributed by atoms with Gasteiger partial charge in [-0.05, 0) is 18.6 Å². The molecule has 5 heteroatoms. The average Bonchev–Trinajstić information content (AvgIpc) is 2.84. The summed E-state index contributed by atoms with van der Waals surface area (Å²) in [5.74, 6) is 2.44. The van der Waals surface area contributed by atoms with Gasteiger partial charge in [0.2, 0.25) is 0 Å². The highest BCUT2D eigenvalue weighted by molar-refractivity contribution is 7.98. The second-order valence-electron chi connectivity index (χ2n) is 4.93. The van der Waals surface area contributed by atoms with Gasteiger partial charge in [-0.15, -0.1) is 11.3 Å². The third kappa shape index (κ3) is 2.59. The lowest BCUT2D eigenvalue weighted by Crippen LogP contribution is -2.45. The summed E-state index contributed by atoms with van der Waals surface area (Å²) in [6, 6.07) is 0.549. The highest BCUT2D eigenvalue weighted by Crippen LogP contribution is 2.35. The maximum absolute atomic E-state index is 4.94. The van der Waals surface area contributed by atoms with Gasteiger partial charge in [-0.1, -0.05) is 6.92 Å². The Morgan fingerprint density at radius 1 is 1.39 bits per heavy atom. The SMILES string of the molecule is CCC(c1nc2c(s1)CSCC2)N1CCNCC1. The van der Waals surface area contributed by atoms with Crippen LogP contribution < -0.4 is 5.32 Å². The Kier molecular flexibility index (Phi) is 4.23. The number of thioether (sulfide) groups is 1. The first-order valence-corrected chi connectivity index (χ1v) is 8.86. The lowest BCUT2D eigenvalue weighted by molar-refractivity contribution is 0.169. The second kappa shape index (κ2) is 5.90. The van der Waals surface area contributed by atoms with Gasteiger partial charge in [0.15, 0.2) is 0 Å². The summed E-state index contributed by atoms with van der Waals surface area (Å²) in [6.07, 6.45) is 2.36. The Bertz CT molecular complexity index is 375. The number of nitrogens with one attached hydrogen (secondary N) is 1. The Morgan fingerprint density at radius 3 is 2.94 bits per heavy atom. The zero-order valence-electron chi connectivity index (χ0n) is 10.9. The van der Waals surface area contributed by atoms with Crippen molar-refractivity contribution < 1.29 is 0 Å². The van der Waals surface area contributed by atoms with Crippen LogP contribution in [0.3, 0.4) is 0 Å². The zero-order chi connectivity index (χ0) is 12.4. The van der Waals surface area contributed by atoms with E-state index in [-0.39, 0.29) is 0 Å². The van der Waals surface area contributed by atoms with Gasteiger partial charge in [-0.3, -0.25) is 4.90 Å². The predicted molar refractivity (Wildman–Crippen MR) is 79.5 cm³/mol. The molecule has 3 nitrogen and oxygen atoms in total. The Hall–Kier alpha value is -0.100. The lowest BCUT2D eigenvalue weighted by Gasteiger charge is -2.33. The van der Waals surface area contributed by atoms with Crippen molar-refractivity contribution in [2.75, 3.05) is 31.9 Å². The van der Waals surface area contributed by atoms with Crippen molar-refractivity contribution in [1.29, 1.82) is 0 Å². The number of hydrogen-bond donors (Lipinski definition) is 1. The van der Waals surface area contributed by atoms with Gasteiger partial charge in [-0.25, -0.2) is 4.98 Å². The van der Waals surface area contributed by atoms with Crippen molar-refractivity contribution in [1.82, 2.24) is 15.2 Å². The number of aryl methyl sites for hydroxylation is 1. The number of aromatic nitrogens is 1. The fourth-order valence-electron chi connectivity index (χ4n) is 2.77. The molecule has 3 rings (SSSR count). The van der Waals surface area contributed by atoms with Gasteiger partial charge in [0.05, 0.1) is 11.7 Å². The van der Waals surface area contributed by atoms with Crippen LogP contribution in [-0.4, -0.2) is 41.8 Å². The minimum absolute atomic E-state index is 0.549. The van der Waals surface area contributed by atoms with E-state index in [9.17, 15) is 0 Å². The summed E-state index contributed by atoms with van der Waals surface area (Å²) in [4.78, 5) is 9.08. The predicted octanol–water partition coefficient (Wildman–Crippen LogP) is 2.29. The van der Waals surface area contributed by atoms with Crippen LogP contribution in [0.2, 0.25) is 0 Å². The highest BCUT2D eigenvalue weighted by atomic mass is 32.2. The van der Waals surface area contributed by atoms with Gasteiger partial charge in [0, 0.05) is 36.8 Å². The Labute approximate surface area is 117 Å². The molecule has 0 saturated carbocycles. The molecule has 3 heterocycles. The summed E-state index contributed by atoms with van der Waals surface area (Å²) in [6.45, 7) is 6.87. The van der Waals surface area contributed by atoms with Crippen LogP contribution in [0.1, 0.15) is 35.0 Å². The first kappa shape index (κ1) is 12.9. The number of fused-ring (bicyclic) bond motifs is 1. The standard InChI is InChI=1S/C13H21N3S2/c1-2-11(16-6-4-14-5-7-16)13-15-10-3-8-17-9-12(10)18-13/h11,14H,2-9H2,1H3. The van der Waals surface area contributed by atoms with Crippen molar-refractivity contribution in [2.24, 2.45) is 0 Å². The molecule has 0 bridgehead atoms. The van der Waals surface area contributed by atoms with Crippen LogP contribution in [0.25, 0.3) is 0 Å². The first-order chi connectivity index (χ1) is 8.88. The van der Waals surface area contributed by atoms with E-state index in [1.165, 1.54) is 39.9 Å². The molecule has 18 heavy (non-hydrogen) atoms. The summed E-state index contributed by atoms with van der Waals surface area (Å²) in [7, 11) is 0. The molecule has 0 amide bonds. The minimum atomic E-state index is 0.549. The molecule has 0 aromatic carbocycles. The molecule has 1 N–H and O–H groups in total. The van der Waals surface area contributed by atoms with E-state index in [4.69, 9.17) is 4.98 Å². The van der Waals surface area contributed by atoms with Crippen molar-refractivity contribution >= 4 is 23.1 Å². The summed E-state index contributed by atoms with van der Waals surface area (Å²) < 4.78 is 0. The molecule has 0 radical (unpaired) electrons. The molecule has 1 aromatic heterocycles. The van der Waals surface area contributed by atoms with Gasteiger partial charge < -0.3 is 5.32 Å². The number of hydrogen-bond acceptors (Lipinski definition) is 5. The van der Waals surface area contributed by atoms with Crippen LogP contribution in [0, 0.1) is 0 Å². The minimum Gasteiger partial charge on any atom is -0.314 e. The molecule has 2 aliphatic rings. The summed E-state index contributed by atoms with van der Waals surface area (Å²) in [5.41, 5.74) is 1.39. The smallest absolute Gasteiger partial charge is 0.110 e. The van der Waals surface area contributed by atoms with E-state index >= 15 is 0 Å². The monoisotopic (exact) mass is 283 g/mol. The maximum atomic E-state index is 4.94. The summed E-state index contributed by atoms with van der Waals surface area (Å²) in [5, 5.41) is 4.80. The fraction of sp³-hybridized carbons (Fsp3) is 0.769. The van der Waals surface area contributed by atoms with Crippen molar-refractivity contribution in [3.05, 3.63) is 15.6 Å². The van der Waals surface area contributed by atoms with Crippen LogP contribution in [-0.2, 0) is 12.2 Å². The zero-order valence-corrected chi connectivity index (χ0v) is 12.6. The molecule has 1 aromatic rings. The van der Waals surface area contributed by atoms with Crippen LogP contribution >= 0.6 is 23.1 Å². The molecule has 100 valence electrons. The molecule has 0 spiro atoms. The molecule has 1 saturated heterocycles. The quantitative estimate of drug-likeness (QED) is 0.921. The average molecular weight is 283 g/mol. The number of nitrogens with zero attached hydrogens (tertiary/aromatic N) is 2. The Balaban J connectivity index is 1.79. The van der Waals surface area contributed by atoms with E-state index in [1.807, 2.05) is 11.3 Å². The normalized spacial score (nSPS) is 22.7. The van der Waals surface area contributed by atoms with E-state index in [1.54, 1.807) is 0 Å². The van der Waals surface area contributed by atoms with E-state index < -0.39 is 0 Å². The molecular weight excluding hydrogens is 262 g/mol. The van der Waals surface area contributed by atoms with Crippen LogP contribution in [0.5, 0.6) is 0 Å². The largest absolute Gasteiger partial charge is 0.314 e. The molecular formula is C13H21N3S2. The molecule has 2 aliphatic heterocycles. The molecule has 1 fully saturated rings. The first-order valence-electron chi connectivity index (χ1n) is 6.89. The summed E-state index contributed by atoms with van der Waals surface area (Å²) >= 11 is 4.02. The van der Waals surface area contributed by atoms with E-state index in [2.05, 4.69) is 28.9 Å². The third-order valence-electron chi connectivity index (χ3n) is 3.78. The van der Waals surface area contributed by atoms with Crippen molar-refractivity contribution in [2.45, 2.75) is 31.6 Å². The highest BCUT2D eigenvalue weighted by Gasteiger charge is 2.25. The van der Waals surface area contributed by atoms with Crippen molar-refractivity contribution in [3.8, 4) is 0 Å². The third-order valence-corrected chi connectivity index (χ3v) is 6.14. The van der Waals surface area contributed by atoms with Gasteiger partial charge in [0.25, 0.3) is 0 Å². The lowest BCUT2D eigenvalue weighted by atomic mass is 10.1. The number of thiazole rings is 1. The van der Waals surface area contributed by atoms with Crippen molar-refractivity contribution in [3.63, 3.8) is 0 Å². The topological polar surface area (TPSA) is 28.2 Å². The molecule has 1 unspecified atom stereocenters. The fourth-order valence-corrected chi connectivity index (χ4v) is 5.22. The van der Waals surface area contributed by atoms with Gasteiger partial charge >= 0.3 is 0 Å². The van der Waals surface area contributed by atoms with E-state index in [0.717, 1.165) is 26.2 Å². The van der Waals surface area contributed by atoms with Gasteiger partial charge in [0.1, 0.15) is 5.01 Å². The van der Waals surface area contributed by atoms with Gasteiger partial charge in [-0.2, -0.15) is 11.8 Å².